The number of benzene rings is 10. The van der Waals surface area contributed by atoms with Crippen LogP contribution in [0.15, 0.2) is 272 Å². The number of rotatable bonds is 0. The molecule has 2 N–H and O–H groups in total. The second-order valence-corrected chi connectivity index (χ2v) is 52.1. The van der Waals surface area contributed by atoms with Crippen LogP contribution in [0, 0.1) is 19.3 Å². The number of H-pyrrole nitrogens is 2. The van der Waals surface area contributed by atoms with Crippen LogP contribution in [-0.2, 0) is 73.4 Å². The van der Waals surface area contributed by atoms with Crippen LogP contribution in [0.25, 0.3) is 48.3 Å². The smallest absolute Gasteiger partial charge is 0.161 e. The van der Waals surface area contributed by atoms with E-state index in [-0.39, 0.29) is 63.6 Å². The molecule has 0 bridgehead atoms. The van der Waals surface area contributed by atoms with Gasteiger partial charge in [-0.2, -0.15) is 0 Å². The van der Waals surface area contributed by atoms with Crippen molar-refractivity contribution < 1.29 is 14.2 Å². The van der Waals surface area contributed by atoms with E-state index in [2.05, 4.69) is 507 Å². The highest BCUT2D eigenvalue weighted by atomic mass is 32.1. The molecule has 0 saturated carbocycles. The highest BCUT2D eigenvalue weighted by molar-refractivity contribution is 7.17. The topological polar surface area (TPSA) is 92.7 Å². The van der Waals surface area contributed by atoms with Crippen LogP contribution in [0.4, 0.5) is 5.69 Å². The molecule has 9 nitrogen and oxygen atoms in total. The first-order chi connectivity index (χ1) is 66.1. The van der Waals surface area contributed by atoms with Gasteiger partial charge in [0.25, 0.3) is 0 Å². The molecule has 3 aliphatic heterocycles. The zero-order valence-electron chi connectivity index (χ0n) is 93.8. The quantitative estimate of drug-likeness (QED) is 0.157. The lowest BCUT2D eigenvalue weighted by Crippen LogP contribution is -2.25. The van der Waals surface area contributed by atoms with Crippen molar-refractivity contribution in [1.29, 1.82) is 0 Å². The Labute approximate surface area is 880 Å². The molecule has 1 aliphatic carbocycles. The zero-order valence-corrected chi connectivity index (χ0v) is 95.4. The first-order valence-electron chi connectivity index (χ1n) is 51.7. The first kappa shape index (κ1) is 118. The maximum atomic E-state index is 5.53. The number of nitrogens with zero attached hydrogens (tertiary/aromatic N) is 4. The van der Waals surface area contributed by atoms with Gasteiger partial charge in [-0.05, 0) is 278 Å². The number of thiazole rings is 1. The normalized spacial score (nSPS) is 13.8. The summed E-state index contributed by atoms with van der Waals surface area (Å²) in [5, 5.41) is 12.2. The molecule has 6 aromatic heterocycles. The Kier molecular flexibility index (Phi) is 40.6. The van der Waals surface area contributed by atoms with E-state index in [1.807, 2.05) is 54.9 Å². The largest absolute Gasteiger partial charge is 0.493 e. The Balaban J connectivity index is 0.000000194. The number of imidazole rings is 1. The summed E-state index contributed by atoms with van der Waals surface area (Å²) in [6, 6.07) is 86.8. The lowest BCUT2D eigenvalue weighted by atomic mass is 9.77. The van der Waals surface area contributed by atoms with E-state index >= 15 is 0 Å². The number of fused-ring (bicyclic) bond motifs is 9. The predicted molar refractivity (Wildman–Crippen MR) is 634 cm³/mol. The predicted octanol–water partition coefficient (Wildman–Crippen LogP) is 38.0. The maximum absolute atomic E-state index is 5.53. The summed E-state index contributed by atoms with van der Waals surface area (Å²) >= 11 is 3.56. The Hall–Kier alpha value is -11.0. The van der Waals surface area contributed by atoms with Crippen molar-refractivity contribution in [2.24, 2.45) is 5.41 Å². The standard InChI is InChI=1S/C14H21N.C14H16.C13H17N.C13H18.C12H15N.C12H16O2.C12H16O.C12H14S.C11H14N2.C10H14.C8H13NS.2CH4/c1-14(2,3)12-7-8-13-11(10-12)6-5-9-15(13)4;1-14(2,3)13-10-6-8-11-7-4-5-9-12(11)13;1-9-7-10-8-11(13(2,3)4)5-6-12(10)14-9;1-13(2,3)12-9-8-10-6-4-5-7-11(10)12;1-12(2,3)10-4-5-11-9(8-10)6-7-13-11;1-12(2,3)9-4-5-10-11(8-9)14-7-6-13-10;1-12(2,3)10-4-5-11-9(8-10)6-7-13-11;1-12(2,3)10-5-4-9-6-7-13-11(9)8-10;1-11(2,3)9-8-13-7-5-4-6-10(13)12-9;1-10(2,3)9-7-5-4-6-8-9;1-6-5-10-7(9-6)8(2,3)4;;/h7-8,10H,5-6,9H2,1-4H3;4-10H,1-3H3;5-8,14H,1-4H3;4-7,12H,8-9H2,1-3H3;4-8,13H,1-3H3;4-5,8H,6-7H2,1-3H3;4-5,8H,6-7H2,1-3H3;2*4-8H,1-3H3;4-8H,1-3H3;5H,1-4H3;2*1H4. The van der Waals surface area contributed by atoms with Gasteiger partial charge in [-0.25, -0.2) is 9.97 Å². The number of nitrogens with one attached hydrogen (secondary N) is 2. The van der Waals surface area contributed by atoms with Gasteiger partial charge >= 0.3 is 0 Å². The van der Waals surface area contributed by atoms with Crippen molar-refractivity contribution in [3.8, 4) is 17.2 Å². The Bertz CT molecular complexity index is 6540. The molecule has 20 rings (SSSR count). The fourth-order valence-corrected chi connectivity index (χ4v) is 19.1. The summed E-state index contributed by atoms with van der Waals surface area (Å²) in [6.45, 7) is 81.4. The number of anilines is 1. The third-order valence-electron chi connectivity index (χ3n) is 26.4. The second-order valence-electron chi connectivity index (χ2n) is 50.3. The molecule has 0 spiro atoms. The van der Waals surface area contributed by atoms with Crippen molar-refractivity contribution in [3.05, 3.63) is 361 Å². The van der Waals surface area contributed by atoms with E-state index in [1.54, 1.807) is 22.5 Å². The molecule has 1 unspecified atom stereocenters. The molecule has 0 radical (unpaired) electrons. The summed E-state index contributed by atoms with van der Waals surface area (Å²) in [4.78, 5) is 17.8. The van der Waals surface area contributed by atoms with Crippen LogP contribution in [-0.4, -0.2) is 57.7 Å². The summed E-state index contributed by atoms with van der Waals surface area (Å²) < 4.78 is 19.9. The third kappa shape index (κ3) is 34.6. The van der Waals surface area contributed by atoms with Crippen LogP contribution >= 0.6 is 22.7 Å². The van der Waals surface area contributed by atoms with Gasteiger partial charge in [0.15, 0.2) is 11.5 Å². The molecule has 16 aromatic rings. The van der Waals surface area contributed by atoms with Crippen LogP contribution in [0.3, 0.4) is 0 Å². The SMILES string of the molecule is C.C.CC(C)(C)C1CCc2ccccc21.CC(C)(C)c1ccc2[nH]ccc2c1.CC(C)(C)c1ccc2c(c1)CCO2.CC(C)(C)c1ccc2c(c1)OCCO2.CC(C)(C)c1ccc2ccsc2c1.CC(C)(C)c1cccc2ccccc12.CC(C)(C)c1ccccc1.CC(C)(C)c1cn2ccccc2n1.CN1CCCc2cc(C(C)(C)C)ccc21.Cc1cc2cc(C(C)(C)C)ccc2[nH]1.Cc1csc(C(C)(C)C)n1. The van der Waals surface area contributed by atoms with Crippen LogP contribution < -0.4 is 19.1 Å². The van der Waals surface area contributed by atoms with E-state index in [0.717, 1.165) is 53.2 Å². The van der Waals surface area contributed by atoms with Crippen LogP contribution in [0.2, 0.25) is 0 Å². The number of aromatic nitrogens is 5. The summed E-state index contributed by atoms with van der Waals surface area (Å²) in [5.74, 6) is 3.59. The van der Waals surface area contributed by atoms with Gasteiger partial charge in [0.05, 0.1) is 17.3 Å². The molecule has 0 saturated heterocycles. The molecular weight excluding hydrogens is 1790 g/mol. The minimum Gasteiger partial charge on any atom is -0.493 e. The summed E-state index contributed by atoms with van der Waals surface area (Å²) in [7, 11) is 2.19. The lowest BCUT2D eigenvalue weighted by Gasteiger charge is -2.29. The third-order valence-corrected chi connectivity index (χ3v) is 28.7. The number of hydrogen-bond donors (Lipinski definition) is 2. The van der Waals surface area contributed by atoms with Gasteiger partial charge in [0.2, 0.25) is 0 Å². The van der Waals surface area contributed by atoms with Gasteiger partial charge in [-0.3, -0.25) is 0 Å². The van der Waals surface area contributed by atoms with Crippen molar-refractivity contribution in [2.75, 3.05) is 38.3 Å². The zero-order chi connectivity index (χ0) is 105. The number of pyridine rings is 1. The van der Waals surface area contributed by atoms with Gasteiger partial charge in [-0.1, -0.05) is 401 Å². The maximum Gasteiger partial charge on any atom is 0.161 e. The average Bonchev–Trinajstić information content (AvgIpc) is 1.71. The minimum atomic E-state index is 0. The molecule has 774 valence electrons. The van der Waals surface area contributed by atoms with Crippen LogP contribution in [0.5, 0.6) is 17.2 Å². The minimum absolute atomic E-state index is 0. The molecule has 4 aliphatic rings. The molecular formula is C133H182N6O3S2. The molecule has 0 amide bonds. The number of hydrogen-bond acceptors (Lipinski definition) is 8. The summed E-state index contributed by atoms with van der Waals surface area (Å²) in [5.41, 5.74) is 28.3. The van der Waals surface area contributed by atoms with Gasteiger partial charge in [0, 0.05) is 87.6 Å². The van der Waals surface area contributed by atoms with Crippen molar-refractivity contribution in [3.63, 3.8) is 0 Å². The first-order valence-corrected chi connectivity index (χ1v) is 53.5. The van der Waals surface area contributed by atoms with Gasteiger partial charge in [-0.15, -0.1) is 22.7 Å². The van der Waals surface area contributed by atoms with E-state index in [4.69, 9.17) is 14.2 Å². The van der Waals surface area contributed by atoms with E-state index in [0.29, 0.717) is 24.0 Å². The highest BCUT2D eigenvalue weighted by Gasteiger charge is 2.32. The molecule has 11 heteroatoms. The number of aromatic amines is 2. The van der Waals surface area contributed by atoms with E-state index < -0.39 is 0 Å². The fraction of sp³-hybridized carbons (Fsp3) is 0.444. The number of thiophene rings is 1. The molecule has 9 heterocycles. The van der Waals surface area contributed by atoms with E-state index in [9.17, 15) is 0 Å². The highest BCUT2D eigenvalue weighted by Crippen LogP contribution is 2.45. The Morgan fingerprint density at radius 2 is 0.889 bits per heavy atom. The van der Waals surface area contributed by atoms with Crippen molar-refractivity contribution in [1.82, 2.24) is 24.3 Å². The second kappa shape index (κ2) is 49.5. The fourth-order valence-electron chi connectivity index (χ4n) is 17.4. The van der Waals surface area contributed by atoms with Crippen molar-refractivity contribution >= 4 is 76.7 Å². The van der Waals surface area contributed by atoms with E-state index in [1.165, 1.54) is 147 Å². The monoisotopic (exact) mass is 1980 g/mol. The lowest BCUT2D eigenvalue weighted by molar-refractivity contribution is 0.171. The Morgan fingerprint density at radius 3 is 1.47 bits per heavy atom. The molecule has 1 atom stereocenters. The molecule has 144 heavy (non-hydrogen) atoms. The van der Waals surface area contributed by atoms with Gasteiger partial charge < -0.3 is 33.5 Å². The van der Waals surface area contributed by atoms with Crippen LogP contribution in [0.1, 0.15) is 351 Å². The average molecular weight is 1980 g/mol. The summed E-state index contributed by atoms with van der Waals surface area (Å²) in [6.07, 6.45) is 12.3. The number of ether oxygens (including phenoxy) is 3. The number of aryl methyl sites for hydroxylation is 4. The molecule has 10 aromatic carbocycles. The Morgan fingerprint density at radius 1 is 0.368 bits per heavy atom. The van der Waals surface area contributed by atoms with Gasteiger partial charge in [0.1, 0.15) is 24.6 Å². The molecule has 0 fully saturated rings. The van der Waals surface area contributed by atoms with Crippen molar-refractivity contribution in [2.45, 2.75) is 349 Å².